The van der Waals surface area contributed by atoms with Crippen LogP contribution in [0.2, 0.25) is 0 Å². The quantitative estimate of drug-likeness (QED) is 0.881. The summed E-state index contributed by atoms with van der Waals surface area (Å²) in [6.07, 6.45) is 0. The number of nitrogens with one attached hydrogen (secondary N) is 1. The van der Waals surface area contributed by atoms with Crippen molar-refractivity contribution in [1.82, 2.24) is 0 Å². The highest BCUT2D eigenvalue weighted by Gasteiger charge is 2.16. The van der Waals surface area contributed by atoms with Crippen molar-refractivity contribution in [3.8, 4) is 0 Å². The number of hydrogen-bond acceptors (Lipinski definition) is 3. The van der Waals surface area contributed by atoms with Crippen molar-refractivity contribution >= 4 is 11.7 Å². The second-order valence-corrected chi connectivity index (χ2v) is 5.09. The van der Waals surface area contributed by atoms with E-state index in [4.69, 9.17) is 4.42 Å². The van der Waals surface area contributed by atoms with E-state index in [2.05, 4.69) is 5.32 Å². The fourth-order valence-corrected chi connectivity index (χ4v) is 2.36. The highest BCUT2D eigenvalue weighted by Crippen LogP contribution is 2.27. The normalized spacial score (nSPS) is 12.2. The van der Waals surface area contributed by atoms with E-state index in [1.165, 1.54) is 0 Å². The molecule has 0 spiro atoms. The minimum atomic E-state index is -0.931. The largest absolute Gasteiger partial charge is 0.478 e. The summed E-state index contributed by atoms with van der Waals surface area (Å²) in [5.74, 6) is 0.778. The highest BCUT2D eigenvalue weighted by molar-refractivity contribution is 5.94. The molecular formula is C16H19NO3. The molecule has 1 aromatic carbocycles. The molecule has 106 valence electrons. The van der Waals surface area contributed by atoms with Gasteiger partial charge in [-0.1, -0.05) is 6.07 Å². The number of benzene rings is 1. The predicted octanol–water partition coefficient (Wildman–Crippen LogP) is 4.08. The van der Waals surface area contributed by atoms with Crippen LogP contribution in [-0.4, -0.2) is 11.1 Å². The number of aromatic carboxylic acids is 1. The van der Waals surface area contributed by atoms with Crippen LogP contribution in [0.1, 0.15) is 46.0 Å². The second kappa shape index (κ2) is 5.41. The van der Waals surface area contributed by atoms with Gasteiger partial charge in [-0.05, 0) is 51.5 Å². The van der Waals surface area contributed by atoms with Crippen LogP contribution in [-0.2, 0) is 0 Å². The molecule has 0 saturated carbocycles. The van der Waals surface area contributed by atoms with E-state index < -0.39 is 5.97 Å². The summed E-state index contributed by atoms with van der Waals surface area (Å²) in [6.45, 7) is 7.74. The van der Waals surface area contributed by atoms with Gasteiger partial charge in [-0.2, -0.15) is 0 Å². The van der Waals surface area contributed by atoms with Gasteiger partial charge in [-0.3, -0.25) is 0 Å². The van der Waals surface area contributed by atoms with Crippen LogP contribution < -0.4 is 5.32 Å². The van der Waals surface area contributed by atoms with Gasteiger partial charge in [0.25, 0.3) is 0 Å². The summed E-state index contributed by atoms with van der Waals surface area (Å²) in [5.41, 5.74) is 2.97. The lowest BCUT2D eigenvalue weighted by Crippen LogP contribution is -2.11. The summed E-state index contributed by atoms with van der Waals surface area (Å²) in [7, 11) is 0. The SMILES string of the molecule is Cc1ccc(C(=O)O)c(NC(C)c2cc(C)oc2C)c1. The first-order chi connectivity index (χ1) is 9.38. The Hall–Kier alpha value is -2.23. The minimum Gasteiger partial charge on any atom is -0.478 e. The first-order valence-electron chi connectivity index (χ1n) is 6.56. The Morgan fingerprint density at radius 2 is 1.95 bits per heavy atom. The fourth-order valence-electron chi connectivity index (χ4n) is 2.36. The number of carboxylic acids is 1. The first-order valence-corrected chi connectivity index (χ1v) is 6.56. The number of anilines is 1. The van der Waals surface area contributed by atoms with Crippen molar-refractivity contribution in [2.24, 2.45) is 0 Å². The van der Waals surface area contributed by atoms with E-state index in [1.54, 1.807) is 12.1 Å². The molecule has 1 atom stereocenters. The molecule has 4 heteroatoms. The van der Waals surface area contributed by atoms with E-state index in [0.717, 1.165) is 22.6 Å². The van der Waals surface area contributed by atoms with E-state index in [0.29, 0.717) is 5.69 Å². The van der Waals surface area contributed by atoms with Gasteiger partial charge < -0.3 is 14.8 Å². The average molecular weight is 273 g/mol. The minimum absolute atomic E-state index is 0.0210. The lowest BCUT2D eigenvalue weighted by Gasteiger charge is -2.17. The van der Waals surface area contributed by atoms with Crippen molar-refractivity contribution in [1.29, 1.82) is 0 Å². The maximum Gasteiger partial charge on any atom is 0.337 e. The molecule has 0 aliphatic carbocycles. The fraction of sp³-hybridized carbons (Fsp3) is 0.312. The average Bonchev–Trinajstić information content (AvgIpc) is 2.68. The Balaban J connectivity index is 2.32. The number of aryl methyl sites for hydroxylation is 3. The Morgan fingerprint density at radius 1 is 1.25 bits per heavy atom. The Kier molecular flexibility index (Phi) is 3.84. The molecule has 0 aliphatic heterocycles. The van der Waals surface area contributed by atoms with Crippen molar-refractivity contribution in [2.45, 2.75) is 33.7 Å². The monoisotopic (exact) mass is 273 g/mol. The molecule has 0 aliphatic rings. The van der Waals surface area contributed by atoms with Crippen molar-refractivity contribution < 1.29 is 14.3 Å². The third-order valence-corrected chi connectivity index (χ3v) is 3.32. The number of furan rings is 1. The third-order valence-electron chi connectivity index (χ3n) is 3.32. The molecular weight excluding hydrogens is 254 g/mol. The molecule has 2 N–H and O–H groups in total. The van der Waals surface area contributed by atoms with E-state index in [1.807, 2.05) is 39.8 Å². The highest BCUT2D eigenvalue weighted by atomic mass is 16.4. The van der Waals surface area contributed by atoms with E-state index in [-0.39, 0.29) is 11.6 Å². The number of hydrogen-bond donors (Lipinski definition) is 2. The summed E-state index contributed by atoms with van der Waals surface area (Å²) in [5, 5.41) is 12.5. The van der Waals surface area contributed by atoms with Crippen molar-refractivity contribution in [3.05, 3.63) is 52.5 Å². The summed E-state index contributed by atoms with van der Waals surface area (Å²) >= 11 is 0. The van der Waals surface area contributed by atoms with Crippen LogP contribution in [0.15, 0.2) is 28.7 Å². The van der Waals surface area contributed by atoms with Crippen LogP contribution >= 0.6 is 0 Å². The molecule has 2 aromatic rings. The Labute approximate surface area is 118 Å². The molecule has 2 rings (SSSR count). The molecule has 0 bridgehead atoms. The van der Waals surface area contributed by atoms with Gasteiger partial charge in [-0.25, -0.2) is 4.79 Å². The van der Waals surface area contributed by atoms with Crippen LogP contribution in [0.4, 0.5) is 5.69 Å². The summed E-state index contributed by atoms with van der Waals surface area (Å²) in [6, 6.07) is 7.23. The first kappa shape index (κ1) is 14.2. The molecule has 1 unspecified atom stereocenters. The number of rotatable bonds is 4. The van der Waals surface area contributed by atoms with E-state index in [9.17, 15) is 9.90 Å². The molecule has 0 radical (unpaired) electrons. The Bertz CT molecular complexity index is 643. The predicted molar refractivity (Wildman–Crippen MR) is 78.4 cm³/mol. The number of carboxylic acid groups (broad SMARTS) is 1. The van der Waals surface area contributed by atoms with Crippen LogP contribution in [0.3, 0.4) is 0 Å². The topological polar surface area (TPSA) is 62.5 Å². The van der Waals surface area contributed by atoms with Gasteiger partial charge in [0, 0.05) is 11.3 Å². The molecule has 0 fully saturated rings. The molecule has 1 heterocycles. The standard InChI is InChI=1S/C16H19NO3/c1-9-5-6-13(16(18)19)15(7-9)17-11(3)14-8-10(2)20-12(14)4/h5-8,11,17H,1-4H3,(H,18,19). The molecule has 1 aromatic heterocycles. The zero-order valence-corrected chi connectivity index (χ0v) is 12.2. The second-order valence-electron chi connectivity index (χ2n) is 5.09. The molecule has 4 nitrogen and oxygen atoms in total. The van der Waals surface area contributed by atoms with Crippen molar-refractivity contribution in [3.63, 3.8) is 0 Å². The summed E-state index contributed by atoms with van der Waals surface area (Å²) < 4.78 is 5.52. The van der Waals surface area contributed by atoms with Crippen molar-refractivity contribution in [2.75, 3.05) is 5.32 Å². The molecule has 0 amide bonds. The molecule has 0 saturated heterocycles. The lowest BCUT2D eigenvalue weighted by atomic mass is 10.1. The molecule has 20 heavy (non-hydrogen) atoms. The zero-order valence-electron chi connectivity index (χ0n) is 12.2. The van der Waals surface area contributed by atoms with Crippen LogP contribution in [0, 0.1) is 20.8 Å². The maximum absolute atomic E-state index is 11.3. The lowest BCUT2D eigenvalue weighted by molar-refractivity contribution is 0.0698. The van der Waals surface area contributed by atoms with Crippen LogP contribution in [0.25, 0.3) is 0 Å². The smallest absolute Gasteiger partial charge is 0.337 e. The summed E-state index contributed by atoms with van der Waals surface area (Å²) in [4.78, 5) is 11.3. The zero-order chi connectivity index (χ0) is 14.9. The van der Waals surface area contributed by atoms with Gasteiger partial charge in [0.05, 0.1) is 11.6 Å². The van der Waals surface area contributed by atoms with Gasteiger partial charge >= 0.3 is 5.97 Å². The maximum atomic E-state index is 11.3. The van der Waals surface area contributed by atoms with Crippen LogP contribution in [0.5, 0.6) is 0 Å². The van der Waals surface area contributed by atoms with E-state index >= 15 is 0 Å². The Morgan fingerprint density at radius 3 is 2.50 bits per heavy atom. The van der Waals surface area contributed by atoms with Gasteiger partial charge in [0.2, 0.25) is 0 Å². The van der Waals surface area contributed by atoms with Gasteiger partial charge in [0.15, 0.2) is 0 Å². The third kappa shape index (κ3) is 2.85. The van der Waals surface area contributed by atoms with Gasteiger partial charge in [-0.15, -0.1) is 0 Å². The van der Waals surface area contributed by atoms with Gasteiger partial charge in [0.1, 0.15) is 11.5 Å². The number of carbonyl (C=O) groups is 1.